The molecule has 0 bridgehead atoms. The molecule has 2 aromatic rings. The number of hydrogen-bond acceptors (Lipinski definition) is 4. The van der Waals surface area contributed by atoms with E-state index < -0.39 is 11.4 Å². The molecule has 122 valence electrons. The molecule has 0 unspecified atom stereocenters. The molecule has 0 radical (unpaired) electrons. The van der Waals surface area contributed by atoms with Gasteiger partial charge in [0.2, 0.25) is 0 Å². The van der Waals surface area contributed by atoms with Crippen molar-refractivity contribution in [1.82, 2.24) is 10.3 Å². The van der Waals surface area contributed by atoms with Crippen LogP contribution >= 0.6 is 11.6 Å². The van der Waals surface area contributed by atoms with E-state index in [2.05, 4.69) is 10.3 Å². The lowest BCUT2D eigenvalue weighted by Crippen LogP contribution is -2.45. The molecule has 1 aliphatic heterocycles. The zero-order chi connectivity index (χ0) is 16.3. The van der Waals surface area contributed by atoms with Gasteiger partial charge >= 0.3 is 5.97 Å². The number of hydrogen-bond donors (Lipinski definition) is 2. The van der Waals surface area contributed by atoms with Crippen molar-refractivity contribution in [2.24, 2.45) is 5.41 Å². The van der Waals surface area contributed by atoms with E-state index in [-0.39, 0.29) is 0 Å². The van der Waals surface area contributed by atoms with Crippen molar-refractivity contribution in [3.8, 4) is 0 Å². The molecule has 0 spiro atoms. The Morgan fingerprint density at radius 3 is 2.87 bits per heavy atom. The number of aromatic nitrogens is 1. The zero-order valence-electron chi connectivity index (χ0n) is 12.7. The molecule has 1 saturated heterocycles. The van der Waals surface area contributed by atoms with E-state index >= 15 is 0 Å². The van der Waals surface area contributed by atoms with Crippen LogP contribution in [-0.2, 0) is 16.1 Å². The molecule has 1 aliphatic rings. The predicted molar refractivity (Wildman–Crippen MR) is 88.6 cm³/mol. The van der Waals surface area contributed by atoms with Gasteiger partial charge in [-0.3, -0.25) is 9.78 Å². The highest BCUT2D eigenvalue weighted by Gasteiger charge is 2.39. The van der Waals surface area contributed by atoms with Crippen molar-refractivity contribution in [3.05, 3.63) is 41.0 Å². The van der Waals surface area contributed by atoms with Crippen LogP contribution < -0.4 is 5.32 Å². The van der Waals surface area contributed by atoms with Crippen molar-refractivity contribution in [2.75, 3.05) is 19.8 Å². The van der Waals surface area contributed by atoms with Gasteiger partial charge in [0.05, 0.1) is 10.9 Å². The maximum Gasteiger partial charge on any atom is 0.311 e. The number of pyridine rings is 1. The van der Waals surface area contributed by atoms with Gasteiger partial charge in [0, 0.05) is 48.5 Å². The van der Waals surface area contributed by atoms with Gasteiger partial charge in [-0.05, 0) is 25.0 Å². The Morgan fingerprint density at radius 2 is 2.13 bits per heavy atom. The highest BCUT2D eigenvalue weighted by Crippen LogP contribution is 2.31. The molecule has 0 atom stereocenters. The molecule has 1 fully saturated rings. The third kappa shape index (κ3) is 3.32. The number of ether oxygens (including phenoxy) is 1. The van der Waals surface area contributed by atoms with E-state index in [9.17, 15) is 9.90 Å². The Bertz CT molecular complexity index is 714. The SMILES string of the molecule is O=C(O)C1(CNCc2c(Cl)ccc3cccnc23)CCOCC1. The summed E-state index contributed by atoms with van der Waals surface area (Å²) in [5.41, 5.74) is 0.990. The molecule has 1 aromatic carbocycles. The summed E-state index contributed by atoms with van der Waals surface area (Å²) in [6.45, 7) is 1.86. The number of fused-ring (bicyclic) bond motifs is 1. The normalized spacial score (nSPS) is 17.3. The third-order valence-corrected chi connectivity index (χ3v) is 4.85. The van der Waals surface area contributed by atoms with Crippen LogP contribution in [0.1, 0.15) is 18.4 Å². The second kappa shape index (κ2) is 6.83. The highest BCUT2D eigenvalue weighted by atomic mass is 35.5. The first-order valence-electron chi connectivity index (χ1n) is 7.66. The average Bonchev–Trinajstić information content (AvgIpc) is 2.57. The largest absolute Gasteiger partial charge is 0.481 e. The number of carboxylic acid groups (broad SMARTS) is 1. The first-order chi connectivity index (χ1) is 11.1. The van der Waals surface area contributed by atoms with E-state index in [0.717, 1.165) is 16.5 Å². The number of rotatable bonds is 5. The Labute approximate surface area is 139 Å². The molecule has 0 amide bonds. The minimum atomic E-state index is -0.768. The van der Waals surface area contributed by atoms with E-state index in [0.29, 0.717) is 44.2 Å². The molecule has 6 heteroatoms. The van der Waals surface area contributed by atoms with Gasteiger partial charge in [0.15, 0.2) is 0 Å². The molecular formula is C17H19ClN2O3. The molecule has 2 N–H and O–H groups in total. The third-order valence-electron chi connectivity index (χ3n) is 4.49. The summed E-state index contributed by atoms with van der Waals surface area (Å²) in [6.07, 6.45) is 2.78. The van der Waals surface area contributed by atoms with E-state index in [1.165, 1.54) is 0 Å². The van der Waals surface area contributed by atoms with Crippen LogP contribution in [0.25, 0.3) is 10.9 Å². The second-order valence-electron chi connectivity index (χ2n) is 5.90. The topological polar surface area (TPSA) is 71.5 Å². The quantitative estimate of drug-likeness (QED) is 0.879. The summed E-state index contributed by atoms with van der Waals surface area (Å²) >= 11 is 6.31. The number of nitrogens with one attached hydrogen (secondary N) is 1. The van der Waals surface area contributed by atoms with E-state index in [4.69, 9.17) is 16.3 Å². The van der Waals surface area contributed by atoms with Crippen LogP contribution in [0, 0.1) is 5.41 Å². The molecule has 0 saturated carbocycles. The van der Waals surface area contributed by atoms with E-state index in [1.54, 1.807) is 6.20 Å². The average molecular weight is 335 g/mol. The number of halogens is 1. The number of carboxylic acids is 1. The van der Waals surface area contributed by atoms with Crippen LogP contribution in [0.5, 0.6) is 0 Å². The van der Waals surface area contributed by atoms with Crippen molar-refractivity contribution in [1.29, 1.82) is 0 Å². The summed E-state index contributed by atoms with van der Waals surface area (Å²) in [5, 5.41) is 14.5. The van der Waals surface area contributed by atoms with Gasteiger partial charge in [0.1, 0.15) is 0 Å². The summed E-state index contributed by atoms with van der Waals surface area (Å²) in [6, 6.07) is 7.66. The monoisotopic (exact) mass is 334 g/mol. The van der Waals surface area contributed by atoms with Crippen LogP contribution in [-0.4, -0.2) is 35.8 Å². The lowest BCUT2D eigenvalue weighted by atomic mass is 9.80. The Morgan fingerprint density at radius 1 is 1.35 bits per heavy atom. The van der Waals surface area contributed by atoms with Gasteiger partial charge in [-0.25, -0.2) is 0 Å². The summed E-state index contributed by atoms with van der Waals surface area (Å²) < 4.78 is 5.29. The summed E-state index contributed by atoms with van der Waals surface area (Å²) in [4.78, 5) is 16.1. The Hall–Kier alpha value is -1.69. The molecule has 5 nitrogen and oxygen atoms in total. The molecule has 3 rings (SSSR count). The van der Waals surface area contributed by atoms with Crippen LogP contribution in [0.2, 0.25) is 5.02 Å². The van der Waals surface area contributed by atoms with Crippen molar-refractivity contribution in [2.45, 2.75) is 19.4 Å². The minimum Gasteiger partial charge on any atom is -0.481 e. The van der Waals surface area contributed by atoms with Gasteiger partial charge in [-0.15, -0.1) is 0 Å². The molecule has 2 heterocycles. The van der Waals surface area contributed by atoms with Gasteiger partial charge in [-0.2, -0.15) is 0 Å². The van der Waals surface area contributed by atoms with Gasteiger partial charge in [0.25, 0.3) is 0 Å². The van der Waals surface area contributed by atoms with Crippen molar-refractivity contribution >= 4 is 28.5 Å². The first kappa shape index (κ1) is 16.2. The number of aliphatic carboxylic acids is 1. The number of nitrogens with zero attached hydrogens (tertiary/aromatic N) is 1. The molecule has 23 heavy (non-hydrogen) atoms. The molecular weight excluding hydrogens is 316 g/mol. The molecule has 1 aromatic heterocycles. The first-order valence-corrected chi connectivity index (χ1v) is 8.04. The maximum absolute atomic E-state index is 11.7. The minimum absolute atomic E-state index is 0.394. The maximum atomic E-state index is 11.7. The Kier molecular flexibility index (Phi) is 4.80. The second-order valence-corrected chi connectivity index (χ2v) is 6.31. The number of carbonyl (C=O) groups is 1. The van der Waals surface area contributed by atoms with E-state index in [1.807, 2.05) is 24.3 Å². The lowest BCUT2D eigenvalue weighted by Gasteiger charge is -2.33. The smallest absolute Gasteiger partial charge is 0.311 e. The number of benzene rings is 1. The summed E-state index contributed by atoms with van der Waals surface area (Å²) in [5.74, 6) is -0.768. The van der Waals surface area contributed by atoms with Crippen molar-refractivity contribution < 1.29 is 14.6 Å². The fourth-order valence-corrected chi connectivity index (χ4v) is 3.22. The van der Waals surface area contributed by atoms with Crippen LogP contribution in [0.4, 0.5) is 0 Å². The standard InChI is InChI=1S/C17H19ClN2O3/c18-14-4-3-12-2-1-7-20-15(12)13(14)10-19-11-17(16(21)22)5-8-23-9-6-17/h1-4,7,19H,5-6,8-11H2,(H,21,22). The fourth-order valence-electron chi connectivity index (χ4n) is 3.00. The van der Waals surface area contributed by atoms with Crippen LogP contribution in [0.3, 0.4) is 0 Å². The van der Waals surface area contributed by atoms with Crippen LogP contribution in [0.15, 0.2) is 30.5 Å². The predicted octanol–water partition coefficient (Wildman–Crippen LogP) is 2.86. The van der Waals surface area contributed by atoms with Gasteiger partial charge in [-0.1, -0.05) is 23.7 Å². The fraction of sp³-hybridized carbons (Fsp3) is 0.412. The van der Waals surface area contributed by atoms with Gasteiger partial charge < -0.3 is 15.2 Å². The highest BCUT2D eigenvalue weighted by molar-refractivity contribution is 6.32. The zero-order valence-corrected chi connectivity index (χ0v) is 13.5. The summed E-state index contributed by atoms with van der Waals surface area (Å²) in [7, 11) is 0. The molecule has 0 aliphatic carbocycles. The lowest BCUT2D eigenvalue weighted by molar-refractivity contribution is -0.154. The van der Waals surface area contributed by atoms with Crippen molar-refractivity contribution in [3.63, 3.8) is 0 Å². The Balaban J connectivity index is 1.76.